The number of benzene rings is 2. The number of hydrogen-bond acceptors (Lipinski definition) is 5. The minimum absolute atomic E-state index is 0.111. The van der Waals surface area contributed by atoms with E-state index in [9.17, 15) is 14.7 Å². The Morgan fingerprint density at radius 2 is 1.63 bits per heavy atom. The van der Waals surface area contributed by atoms with E-state index in [-0.39, 0.29) is 11.3 Å². The number of aliphatic hydroxyl groups is 1. The minimum Gasteiger partial charge on any atom is -0.507 e. The van der Waals surface area contributed by atoms with Crippen LogP contribution < -0.4 is 0 Å². The summed E-state index contributed by atoms with van der Waals surface area (Å²) in [5.41, 5.74) is 2.88. The van der Waals surface area contributed by atoms with E-state index in [0.717, 1.165) is 37.3 Å². The highest BCUT2D eigenvalue weighted by Gasteiger charge is 2.46. The van der Waals surface area contributed by atoms with E-state index in [1.54, 1.807) is 15.8 Å². The fourth-order valence-electron chi connectivity index (χ4n) is 4.71. The molecule has 7 heteroatoms. The van der Waals surface area contributed by atoms with Crippen molar-refractivity contribution in [1.29, 1.82) is 0 Å². The van der Waals surface area contributed by atoms with Crippen LogP contribution in [0.15, 0.2) is 72.4 Å². The molecule has 0 spiro atoms. The van der Waals surface area contributed by atoms with E-state index in [2.05, 4.69) is 23.8 Å². The molecule has 0 saturated carbocycles. The summed E-state index contributed by atoms with van der Waals surface area (Å²) in [6, 6.07) is 18.4. The second-order valence-electron chi connectivity index (χ2n) is 8.67. The van der Waals surface area contributed by atoms with Crippen LogP contribution in [-0.4, -0.2) is 62.6 Å². The van der Waals surface area contributed by atoms with E-state index in [4.69, 9.17) is 0 Å². The van der Waals surface area contributed by atoms with Crippen molar-refractivity contribution in [1.82, 2.24) is 19.6 Å². The van der Waals surface area contributed by atoms with Crippen LogP contribution in [0.3, 0.4) is 0 Å². The van der Waals surface area contributed by atoms with Gasteiger partial charge in [0.2, 0.25) is 0 Å². The van der Waals surface area contributed by atoms with Crippen LogP contribution in [0.4, 0.5) is 0 Å². The van der Waals surface area contributed by atoms with Crippen molar-refractivity contribution in [3.05, 3.63) is 89.3 Å². The predicted molar refractivity (Wildman–Crippen MR) is 136 cm³/mol. The number of likely N-dealkylation sites (tertiary alicyclic amines) is 1. The molecule has 1 N–H and O–H groups in total. The second kappa shape index (κ2) is 10.7. The number of nitrogens with zero attached hydrogens (tertiary/aromatic N) is 4. The summed E-state index contributed by atoms with van der Waals surface area (Å²) in [6.45, 7) is 9.19. The van der Waals surface area contributed by atoms with Crippen molar-refractivity contribution < 1.29 is 14.7 Å². The van der Waals surface area contributed by atoms with Gasteiger partial charge in [-0.1, -0.05) is 62.4 Å². The van der Waals surface area contributed by atoms with Crippen LogP contribution in [0.2, 0.25) is 0 Å². The summed E-state index contributed by atoms with van der Waals surface area (Å²) in [4.78, 5) is 30.3. The topological polar surface area (TPSA) is 78.7 Å². The highest BCUT2D eigenvalue weighted by molar-refractivity contribution is 6.46. The number of carbonyl (C=O) groups is 2. The van der Waals surface area contributed by atoms with Gasteiger partial charge in [0.25, 0.3) is 11.7 Å². The number of aromatic nitrogens is 2. The molecular weight excluding hydrogens is 440 g/mol. The Bertz CT molecular complexity index is 1210. The van der Waals surface area contributed by atoms with Gasteiger partial charge in [0.15, 0.2) is 0 Å². The van der Waals surface area contributed by atoms with Gasteiger partial charge in [-0.05, 0) is 50.7 Å². The van der Waals surface area contributed by atoms with E-state index in [1.807, 2.05) is 67.6 Å². The SMILES string of the molecule is CCN(CC)CCCN1C(=O)C(=O)/C(=C(/O)c2cnn(-c3ccccc3)c2C)C1c1ccccc1. The number of para-hydroxylation sites is 1. The smallest absolute Gasteiger partial charge is 0.295 e. The third-order valence-corrected chi connectivity index (χ3v) is 6.69. The van der Waals surface area contributed by atoms with Gasteiger partial charge in [0.05, 0.1) is 34.8 Å². The first-order valence-electron chi connectivity index (χ1n) is 12.1. The van der Waals surface area contributed by atoms with Crippen molar-refractivity contribution in [3.63, 3.8) is 0 Å². The molecule has 1 saturated heterocycles. The Hall–Kier alpha value is -3.71. The summed E-state index contributed by atoms with van der Waals surface area (Å²) in [5.74, 6) is -1.43. The molecule has 7 nitrogen and oxygen atoms in total. The molecule has 0 radical (unpaired) electrons. The minimum atomic E-state index is -0.661. The first-order chi connectivity index (χ1) is 17.0. The Kier molecular flexibility index (Phi) is 7.46. The molecule has 1 fully saturated rings. The van der Waals surface area contributed by atoms with Crippen LogP contribution >= 0.6 is 0 Å². The zero-order valence-electron chi connectivity index (χ0n) is 20.5. The molecule has 1 aromatic heterocycles. The molecule has 4 rings (SSSR count). The third-order valence-electron chi connectivity index (χ3n) is 6.69. The van der Waals surface area contributed by atoms with Gasteiger partial charge >= 0.3 is 0 Å². The zero-order valence-corrected chi connectivity index (χ0v) is 20.5. The van der Waals surface area contributed by atoms with Crippen molar-refractivity contribution in [2.24, 2.45) is 0 Å². The molecule has 182 valence electrons. The fourth-order valence-corrected chi connectivity index (χ4v) is 4.71. The molecule has 1 aliphatic rings. The molecule has 35 heavy (non-hydrogen) atoms. The highest BCUT2D eigenvalue weighted by atomic mass is 16.3. The van der Waals surface area contributed by atoms with Crippen LogP contribution in [0.25, 0.3) is 11.4 Å². The molecule has 1 atom stereocenters. The monoisotopic (exact) mass is 472 g/mol. The van der Waals surface area contributed by atoms with Gasteiger partial charge in [-0.3, -0.25) is 9.59 Å². The van der Waals surface area contributed by atoms with E-state index >= 15 is 0 Å². The Balaban J connectivity index is 1.74. The summed E-state index contributed by atoms with van der Waals surface area (Å²) < 4.78 is 1.72. The standard InChI is InChI=1S/C28H32N4O3/c1-4-30(5-2)17-12-18-31-25(21-13-8-6-9-14-21)24(27(34)28(31)35)26(33)23-19-29-32(20(23)3)22-15-10-7-11-16-22/h6-11,13-16,19,25,33H,4-5,12,17-18H2,1-3H3/b26-24+. The van der Waals surface area contributed by atoms with Crippen LogP contribution in [-0.2, 0) is 9.59 Å². The summed E-state index contributed by atoms with van der Waals surface area (Å²) >= 11 is 0. The van der Waals surface area contributed by atoms with Gasteiger partial charge in [0.1, 0.15) is 5.76 Å². The number of hydrogen-bond donors (Lipinski definition) is 1. The van der Waals surface area contributed by atoms with Crippen molar-refractivity contribution in [2.45, 2.75) is 33.2 Å². The van der Waals surface area contributed by atoms with Gasteiger partial charge in [-0.25, -0.2) is 4.68 Å². The Morgan fingerprint density at radius 1 is 1.00 bits per heavy atom. The normalized spacial score (nSPS) is 17.5. The van der Waals surface area contributed by atoms with Crippen molar-refractivity contribution in [2.75, 3.05) is 26.2 Å². The lowest BCUT2D eigenvalue weighted by Gasteiger charge is -2.26. The maximum Gasteiger partial charge on any atom is 0.295 e. The molecule has 2 aromatic carbocycles. The zero-order chi connectivity index (χ0) is 24.9. The Labute approximate surface area is 206 Å². The van der Waals surface area contributed by atoms with Gasteiger partial charge in [-0.2, -0.15) is 5.10 Å². The number of carbonyl (C=O) groups excluding carboxylic acids is 2. The number of amides is 1. The fraction of sp³-hybridized carbons (Fsp3) is 0.321. The number of rotatable bonds is 9. The summed E-state index contributed by atoms with van der Waals surface area (Å²) in [7, 11) is 0. The first kappa shape index (κ1) is 24.4. The second-order valence-corrected chi connectivity index (χ2v) is 8.67. The largest absolute Gasteiger partial charge is 0.507 e. The molecule has 1 amide bonds. The molecule has 1 aliphatic heterocycles. The van der Waals surface area contributed by atoms with E-state index in [1.165, 1.54) is 0 Å². The van der Waals surface area contributed by atoms with E-state index in [0.29, 0.717) is 17.8 Å². The third kappa shape index (κ3) is 4.77. The quantitative estimate of drug-likeness (QED) is 0.285. The molecule has 3 aromatic rings. The molecular formula is C28H32N4O3. The summed E-state index contributed by atoms with van der Waals surface area (Å²) in [6.07, 6.45) is 2.29. The van der Waals surface area contributed by atoms with Gasteiger partial charge < -0.3 is 14.9 Å². The highest BCUT2D eigenvalue weighted by Crippen LogP contribution is 2.40. The van der Waals surface area contributed by atoms with Crippen LogP contribution in [0.1, 0.15) is 43.1 Å². The van der Waals surface area contributed by atoms with Gasteiger partial charge in [-0.15, -0.1) is 0 Å². The van der Waals surface area contributed by atoms with Crippen LogP contribution in [0, 0.1) is 6.92 Å². The number of ketones is 1. The number of Topliss-reactive ketones (excluding diaryl/α,β-unsaturated/α-hetero) is 1. The van der Waals surface area contributed by atoms with Crippen molar-refractivity contribution in [3.8, 4) is 5.69 Å². The molecule has 2 heterocycles. The van der Waals surface area contributed by atoms with E-state index < -0.39 is 17.7 Å². The maximum absolute atomic E-state index is 13.3. The lowest BCUT2D eigenvalue weighted by molar-refractivity contribution is -0.140. The van der Waals surface area contributed by atoms with Crippen LogP contribution in [0.5, 0.6) is 0 Å². The van der Waals surface area contributed by atoms with Gasteiger partial charge in [0, 0.05) is 6.54 Å². The molecule has 1 unspecified atom stereocenters. The average Bonchev–Trinajstić information content (AvgIpc) is 3.40. The Morgan fingerprint density at radius 3 is 2.26 bits per heavy atom. The average molecular weight is 473 g/mol. The predicted octanol–water partition coefficient (Wildman–Crippen LogP) is 4.33. The lowest BCUT2D eigenvalue weighted by atomic mass is 9.95. The van der Waals surface area contributed by atoms with Crippen molar-refractivity contribution >= 4 is 17.4 Å². The molecule has 0 aliphatic carbocycles. The molecule has 0 bridgehead atoms. The maximum atomic E-state index is 13.3. The number of aliphatic hydroxyl groups excluding tert-OH is 1. The first-order valence-corrected chi connectivity index (χ1v) is 12.1. The summed E-state index contributed by atoms with van der Waals surface area (Å²) in [5, 5.41) is 15.8. The lowest BCUT2D eigenvalue weighted by Crippen LogP contribution is -2.33.